The van der Waals surface area contributed by atoms with Crippen molar-refractivity contribution in [2.75, 3.05) is 13.2 Å². The third-order valence-electron chi connectivity index (χ3n) is 8.65. The predicted octanol–water partition coefficient (Wildman–Crippen LogP) is 5.45. The monoisotopic (exact) mass is 582 g/mol. The second-order valence-electron chi connectivity index (χ2n) is 13.1. The fraction of sp³-hybridized carbons (Fsp3) is 0.657. The molecule has 4 unspecified atom stereocenters. The molecule has 42 heavy (non-hydrogen) atoms. The summed E-state index contributed by atoms with van der Waals surface area (Å²) in [5.41, 5.74) is 1.68. The Labute approximate surface area is 253 Å². The van der Waals surface area contributed by atoms with Crippen molar-refractivity contribution in [3.8, 4) is 11.5 Å². The van der Waals surface area contributed by atoms with Crippen LogP contribution in [0.2, 0.25) is 0 Å². The largest absolute Gasteiger partial charge is 0.469 e. The van der Waals surface area contributed by atoms with E-state index < -0.39 is 23.7 Å². The van der Waals surface area contributed by atoms with Gasteiger partial charge in [0.25, 0.3) is 0 Å². The quantitative estimate of drug-likeness (QED) is 0.146. The summed E-state index contributed by atoms with van der Waals surface area (Å²) in [6.45, 7) is 15.3. The summed E-state index contributed by atoms with van der Waals surface area (Å²) >= 11 is 0. The lowest BCUT2D eigenvalue weighted by atomic mass is 9.82. The van der Waals surface area contributed by atoms with Gasteiger partial charge in [0, 0.05) is 18.7 Å². The predicted molar refractivity (Wildman–Crippen MR) is 168 cm³/mol. The topological polar surface area (TPSA) is 92.2 Å². The summed E-state index contributed by atoms with van der Waals surface area (Å²) < 4.78 is 19.6. The molecule has 0 amide bonds. The third kappa shape index (κ3) is 7.67. The minimum absolute atomic E-state index is 0.00183. The lowest BCUT2D eigenvalue weighted by molar-refractivity contribution is -0.237. The number of aliphatic hydroxyl groups is 2. The SMILES string of the molecule is CCC(O)C(C)(O)C(NC(C)C)(Oc1ccc(CCOCC2CC2)cc1)C(NC(C)C)Oc1ccc(C)c2c1CCC2. The Bertz CT molecular complexity index is 1140. The highest BCUT2D eigenvalue weighted by atomic mass is 16.6. The van der Waals surface area contributed by atoms with Crippen LogP contribution in [0.5, 0.6) is 11.5 Å². The van der Waals surface area contributed by atoms with Crippen LogP contribution in [-0.2, 0) is 24.0 Å². The van der Waals surface area contributed by atoms with Crippen LogP contribution >= 0.6 is 0 Å². The zero-order valence-corrected chi connectivity index (χ0v) is 26.8. The number of benzene rings is 2. The molecule has 2 aliphatic rings. The molecule has 2 aliphatic carbocycles. The molecular formula is C35H54N2O5. The third-order valence-corrected chi connectivity index (χ3v) is 8.65. The van der Waals surface area contributed by atoms with Crippen molar-refractivity contribution >= 4 is 0 Å². The van der Waals surface area contributed by atoms with Crippen LogP contribution < -0.4 is 20.1 Å². The Morgan fingerprint density at radius 2 is 1.67 bits per heavy atom. The molecule has 4 N–H and O–H groups in total. The van der Waals surface area contributed by atoms with Crippen LogP contribution in [0.1, 0.15) is 89.5 Å². The van der Waals surface area contributed by atoms with Gasteiger partial charge in [0.2, 0.25) is 12.0 Å². The van der Waals surface area contributed by atoms with Gasteiger partial charge in [-0.3, -0.25) is 10.6 Å². The van der Waals surface area contributed by atoms with Crippen molar-refractivity contribution in [1.82, 2.24) is 10.6 Å². The first-order valence-corrected chi connectivity index (χ1v) is 16.0. The second kappa shape index (κ2) is 14.1. The first-order valence-electron chi connectivity index (χ1n) is 16.0. The van der Waals surface area contributed by atoms with E-state index in [0.717, 1.165) is 49.5 Å². The Balaban J connectivity index is 1.71. The molecule has 0 radical (unpaired) electrons. The lowest BCUT2D eigenvalue weighted by Gasteiger charge is -2.52. The molecule has 0 spiro atoms. The van der Waals surface area contributed by atoms with Crippen LogP contribution in [-0.4, -0.2) is 59.2 Å². The van der Waals surface area contributed by atoms with Crippen molar-refractivity contribution < 1.29 is 24.4 Å². The number of fused-ring (bicyclic) bond motifs is 1. The van der Waals surface area contributed by atoms with Crippen LogP contribution in [0.15, 0.2) is 36.4 Å². The number of nitrogens with one attached hydrogen (secondary N) is 2. The maximum Gasteiger partial charge on any atom is 0.242 e. The van der Waals surface area contributed by atoms with Gasteiger partial charge in [-0.1, -0.05) is 25.1 Å². The van der Waals surface area contributed by atoms with E-state index in [0.29, 0.717) is 18.8 Å². The fourth-order valence-electron chi connectivity index (χ4n) is 6.01. The molecule has 4 rings (SSSR count). The Hall–Kier alpha value is -2.16. The summed E-state index contributed by atoms with van der Waals surface area (Å²) in [5, 5.41) is 30.7. The molecule has 2 aromatic rings. The molecule has 4 atom stereocenters. The number of aryl methyl sites for hydroxylation is 1. The van der Waals surface area contributed by atoms with E-state index in [-0.39, 0.29) is 12.1 Å². The molecule has 1 fully saturated rings. The van der Waals surface area contributed by atoms with Gasteiger partial charge in [-0.05, 0) is 133 Å². The highest BCUT2D eigenvalue weighted by molar-refractivity contribution is 5.47. The molecule has 2 aromatic carbocycles. The van der Waals surface area contributed by atoms with Crippen molar-refractivity contribution in [2.24, 2.45) is 5.92 Å². The summed E-state index contributed by atoms with van der Waals surface area (Å²) in [6, 6.07) is 12.0. The summed E-state index contributed by atoms with van der Waals surface area (Å²) in [6.07, 6.45) is 4.89. The van der Waals surface area contributed by atoms with Gasteiger partial charge in [-0.2, -0.15) is 0 Å². The van der Waals surface area contributed by atoms with Crippen molar-refractivity contribution in [3.63, 3.8) is 0 Å². The molecule has 0 saturated heterocycles. The Morgan fingerprint density at radius 3 is 2.29 bits per heavy atom. The Kier molecular flexibility index (Phi) is 11.0. The number of aliphatic hydroxyl groups excluding tert-OH is 1. The van der Waals surface area contributed by atoms with E-state index >= 15 is 0 Å². The molecular weight excluding hydrogens is 528 g/mol. The normalized spacial score (nSPS) is 19.3. The smallest absolute Gasteiger partial charge is 0.242 e. The maximum atomic E-state index is 12.3. The average Bonchev–Trinajstić information content (AvgIpc) is 3.63. The van der Waals surface area contributed by atoms with Gasteiger partial charge in [0.05, 0.1) is 12.7 Å². The van der Waals surface area contributed by atoms with Crippen molar-refractivity contribution in [3.05, 3.63) is 58.7 Å². The molecule has 0 bridgehead atoms. The van der Waals surface area contributed by atoms with Crippen molar-refractivity contribution in [1.29, 1.82) is 0 Å². The molecule has 7 heteroatoms. The number of hydrogen-bond donors (Lipinski definition) is 4. The van der Waals surface area contributed by atoms with Crippen LogP contribution in [0.25, 0.3) is 0 Å². The van der Waals surface area contributed by atoms with E-state index in [4.69, 9.17) is 14.2 Å². The van der Waals surface area contributed by atoms with Gasteiger partial charge in [-0.25, -0.2) is 0 Å². The van der Waals surface area contributed by atoms with Gasteiger partial charge in [0.1, 0.15) is 17.1 Å². The molecule has 234 valence electrons. The molecule has 0 aromatic heterocycles. The van der Waals surface area contributed by atoms with Crippen LogP contribution in [0.3, 0.4) is 0 Å². The molecule has 0 heterocycles. The van der Waals surface area contributed by atoms with Crippen LogP contribution in [0.4, 0.5) is 0 Å². The van der Waals surface area contributed by atoms with Gasteiger partial charge in [0.15, 0.2) is 0 Å². The van der Waals surface area contributed by atoms with E-state index in [1.807, 2.05) is 65.0 Å². The minimum atomic E-state index is -1.75. The van der Waals surface area contributed by atoms with Gasteiger partial charge < -0.3 is 24.4 Å². The van der Waals surface area contributed by atoms with Gasteiger partial charge in [-0.15, -0.1) is 0 Å². The summed E-state index contributed by atoms with van der Waals surface area (Å²) in [4.78, 5) is 0. The molecule has 7 nitrogen and oxygen atoms in total. The minimum Gasteiger partial charge on any atom is -0.469 e. The molecule has 0 aliphatic heterocycles. The van der Waals surface area contributed by atoms with E-state index in [1.165, 1.54) is 29.5 Å². The van der Waals surface area contributed by atoms with E-state index in [9.17, 15) is 10.2 Å². The zero-order chi connectivity index (χ0) is 30.5. The van der Waals surface area contributed by atoms with Gasteiger partial charge >= 0.3 is 0 Å². The number of hydrogen-bond acceptors (Lipinski definition) is 7. The summed E-state index contributed by atoms with van der Waals surface area (Å²) in [5.74, 6) is 2.11. The van der Waals surface area contributed by atoms with E-state index in [2.05, 4.69) is 23.6 Å². The first kappa shape index (κ1) is 32.7. The number of rotatable bonds is 17. The maximum absolute atomic E-state index is 12.3. The second-order valence-corrected chi connectivity index (χ2v) is 13.1. The Morgan fingerprint density at radius 1 is 0.976 bits per heavy atom. The van der Waals surface area contributed by atoms with E-state index in [1.54, 1.807) is 6.92 Å². The van der Waals surface area contributed by atoms with Crippen molar-refractivity contribution in [2.45, 2.75) is 129 Å². The lowest BCUT2D eigenvalue weighted by Crippen LogP contribution is -2.79. The summed E-state index contributed by atoms with van der Waals surface area (Å²) in [7, 11) is 0. The first-order chi connectivity index (χ1) is 20.0. The average molecular weight is 583 g/mol. The standard InChI is InChI=1S/C35H54N2O5/c1-8-32(38)34(7,39)35(37-24(4)5,42-28-17-15-26(16-18-28)20-21-40-22-27-13-14-27)33(36-23(2)3)41-31-19-12-25(6)29-10-9-11-30(29)31/h12,15-19,23-24,27,32-33,36-39H,8-11,13-14,20-22H2,1-7H3. The number of ether oxygens (including phenoxy) is 3. The fourth-order valence-corrected chi connectivity index (χ4v) is 6.01. The zero-order valence-electron chi connectivity index (χ0n) is 26.8. The van der Waals surface area contributed by atoms with Crippen LogP contribution in [0, 0.1) is 12.8 Å². The molecule has 1 saturated carbocycles. The highest BCUT2D eigenvalue weighted by Crippen LogP contribution is 2.39. The highest BCUT2D eigenvalue weighted by Gasteiger charge is 2.60.